The lowest BCUT2D eigenvalue weighted by atomic mass is 10.2. The lowest BCUT2D eigenvalue weighted by Crippen LogP contribution is -2.30. The summed E-state index contributed by atoms with van der Waals surface area (Å²) in [5.74, 6) is 0.173. The van der Waals surface area contributed by atoms with Crippen LogP contribution in [0.5, 0.6) is 11.5 Å². The second-order valence-corrected chi connectivity index (χ2v) is 6.28. The highest BCUT2D eigenvalue weighted by molar-refractivity contribution is 6.30. The van der Waals surface area contributed by atoms with Gasteiger partial charge in [-0.2, -0.15) is 0 Å². The van der Waals surface area contributed by atoms with Crippen LogP contribution >= 0.6 is 11.6 Å². The molecule has 28 heavy (non-hydrogen) atoms. The number of pyridine rings is 1. The number of anilines is 1. The molecule has 2 rings (SSSR count). The van der Waals surface area contributed by atoms with Gasteiger partial charge in [0.05, 0.1) is 23.8 Å². The first kappa shape index (κ1) is 21.5. The molecule has 2 aromatic rings. The fourth-order valence-electron chi connectivity index (χ4n) is 2.19. The third kappa shape index (κ3) is 6.13. The lowest BCUT2D eigenvalue weighted by Gasteiger charge is -2.15. The molecule has 0 saturated carbocycles. The Bertz CT molecular complexity index is 811. The Kier molecular flexibility index (Phi) is 8.07. The summed E-state index contributed by atoms with van der Waals surface area (Å²) in [5, 5.41) is 3.01. The number of hydrogen-bond acceptors (Lipinski definition) is 6. The van der Waals surface area contributed by atoms with Crippen LogP contribution in [-0.4, -0.2) is 36.2 Å². The maximum Gasteiger partial charge on any atom is 0.339 e. The van der Waals surface area contributed by atoms with Crippen LogP contribution in [0.3, 0.4) is 0 Å². The molecule has 1 aromatic heterocycles. The summed E-state index contributed by atoms with van der Waals surface area (Å²) in [6.45, 7) is 6.28. The van der Waals surface area contributed by atoms with E-state index in [1.54, 1.807) is 30.3 Å². The predicted molar refractivity (Wildman–Crippen MR) is 106 cm³/mol. The minimum atomic E-state index is -1.02. The number of carbonyl (C=O) groups is 2. The van der Waals surface area contributed by atoms with Crippen molar-refractivity contribution in [2.45, 2.75) is 33.3 Å². The zero-order valence-electron chi connectivity index (χ0n) is 16.0. The van der Waals surface area contributed by atoms with E-state index in [0.717, 1.165) is 6.42 Å². The molecular weight excluding hydrogens is 384 g/mol. The number of ether oxygens (including phenoxy) is 3. The summed E-state index contributed by atoms with van der Waals surface area (Å²) >= 11 is 5.76. The average Bonchev–Trinajstić information content (AvgIpc) is 2.68. The average molecular weight is 407 g/mol. The summed E-state index contributed by atoms with van der Waals surface area (Å²) in [4.78, 5) is 28.6. The predicted octanol–water partition coefficient (Wildman–Crippen LogP) is 4.11. The van der Waals surface area contributed by atoms with E-state index in [2.05, 4.69) is 10.3 Å². The Hall–Kier alpha value is -2.80. The molecule has 7 nitrogen and oxygen atoms in total. The molecule has 0 aliphatic carbocycles. The van der Waals surface area contributed by atoms with Gasteiger partial charge in [-0.3, -0.25) is 4.79 Å². The van der Waals surface area contributed by atoms with Gasteiger partial charge in [0.2, 0.25) is 0 Å². The van der Waals surface area contributed by atoms with Gasteiger partial charge < -0.3 is 19.5 Å². The maximum atomic E-state index is 12.4. The molecule has 0 aliphatic heterocycles. The number of benzene rings is 1. The van der Waals surface area contributed by atoms with Crippen LogP contribution in [0.4, 0.5) is 5.82 Å². The number of nitrogens with one attached hydrogen (secondary N) is 1. The van der Waals surface area contributed by atoms with Crippen molar-refractivity contribution in [2.24, 2.45) is 0 Å². The summed E-state index contributed by atoms with van der Waals surface area (Å²) in [6.07, 6.45) is 1.24. The Morgan fingerprint density at radius 1 is 1.14 bits per heavy atom. The van der Waals surface area contributed by atoms with Gasteiger partial charge in [-0.05, 0) is 50.6 Å². The van der Waals surface area contributed by atoms with Crippen molar-refractivity contribution in [3.63, 3.8) is 0 Å². The molecule has 1 aromatic carbocycles. The van der Waals surface area contributed by atoms with Gasteiger partial charge in [-0.1, -0.05) is 18.5 Å². The second-order valence-electron chi connectivity index (χ2n) is 5.84. The van der Waals surface area contributed by atoms with Gasteiger partial charge in [-0.15, -0.1) is 0 Å². The van der Waals surface area contributed by atoms with E-state index in [9.17, 15) is 9.59 Å². The number of hydrogen-bond donors (Lipinski definition) is 1. The highest BCUT2D eigenvalue weighted by atomic mass is 35.5. The zero-order valence-corrected chi connectivity index (χ0v) is 16.8. The first-order chi connectivity index (χ1) is 13.4. The van der Waals surface area contributed by atoms with Crippen molar-refractivity contribution in [3.8, 4) is 11.5 Å². The largest absolute Gasteiger partial charge is 0.490 e. The van der Waals surface area contributed by atoms with Gasteiger partial charge >= 0.3 is 5.97 Å². The Morgan fingerprint density at radius 3 is 2.57 bits per heavy atom. The standard InChI is InChI=1S/C20H23ClN2O5/c1-4-10-27-16-8-6-14(11-17(16)26-5-2)20(25)28-13(3)19(24)23-18-9-7-15(21)12-22-18/h6-9,11-13H,4-5,10H2,1-3H3,(H,22,23,24)/t13-/m1/s1. The van der Waals surface area contributed by atoms with Gasteiger partial charge in [0.1, 0.15) is 5.82 Å². The Balaban J connectivity index is 2.02. The number of carbonyl (C=O) groups excluding carboxylic acids is 2. The molecule has 0 unspecified atom stereocenters. The van der Waals surface area contributed by atoms with Crippen LogP contribution in [0.15, 0.2) is 36.5 Å². The molecule has 0 aliphatic rings. The molecule has 1 atom stereocenters. The number of amides is 1. The molecule has 8 heteroatoms. The van der Waals surface area contributed by atoms with Gasteiger partial charge in [0, 0.05) is 6.20 Å². The minimum Gasteiger partial charge on any atom is -0.490 e. The second kappa shape index (κ2) is 10.5. The molecule has 0 radical (unpaired) electrons. The molecule has 1 N–H and O–H groups in total. The maximum absolute atomic E-state index is 12.4. The van der Waals surface area contributed by atoms with Crippen molar-refractivity contribution in [2.75, 3.05) is 18.5 Å². The quantitative estimate of drug-likeness (QED) is 0.630. The van der Waals surface area contributed by atoms with E-state index in [-0.39, 0.29) is 5.56 Å². The van der Waals surface area contributed by atoms with Crippen molar-refractivity contribution in [1.82, 2.24) is 4.98 Å². The number of rotatable bonds is 9. The topological polar surface area (TPSA) is 86.8 Å². The molecule has 150 valence electrons. The van der Waals surface area contributed by atoms with Gasteiger partial charge in [0.25, 0.3) is 5.91 Å². The molecule has 0 fully saturated rings. The molecule has 0 bridgehead atoms. The summed E-state index contributed by atoms with van der Waals surface area (Å²) < 4.78 is 16.4. The minimum absolute atomic E-state index is 0.261. The highest BCUT2D eigenvalue weighted by Gasteiger charge is 2.20. The number of halogens is 1. The molecule has 0 saturated heterocycles. The van der Waals surface area contributed by atoms with Crippen LogP contribution < -0.4 is 14.8 Å². The van der Waals surface area contributed by atoms with Crippen molar-refractivity contribution in [1.29, 1.82) is 0 Å². The van der Waals surface area contributed by atoms with Gasteiger partial charge in [0.15, 0.2) is 17.6 Å². The summed E-state index contributed by atoms with van der Waals surface area (Å²) in [6, 6.07) is 7.92. The van der Waals surface area contributed by atoms with Crippen LogP contribution in [0.2, 0.25) is 5.02 Å². The fraction of sp³-hybridized carbons (Fsp3) is 0.350. The van der Waals surface area contributed by atoms with Crippen LogP contribution in [0.25, 0.3) is 0 Å². The van der Waals surface area contributed by atoms with E-state index < -0.39 is 18.0 Å². The smallest absolute Gasteiger partial charge is 0.339 e. The van der Waals surface area contributed by atoms with E-state index in [4.69, 9.17) is 25.8 Å². The van der Waals surface area contributed by atoms with Crippen molar-refractivity contribution < 1.29 is 23.8 Å². The summed E-state index contributed by atoms with van der Waals surface area (Å²) in [7, 11) is 0. The normalized spacial score (nSPS) is 11.4. The van der Waals surface area contributed by atoms with Crippen LogP contribution in [-0.2, 0) is 9.53 Å². The molecule has 0 spiro atoms. The van der Waals surface area contributed by atoms with Crippen LogP contribution in [0.1, 0.15) is 37.6 Å². The number of aromatic nitrogens is 1. The molecular formula is C20H23ClN2O5. The number of nitrogens with zero attached hydrogens (tertiary/aromatic N) is 1. The first-order valence-corrected chi connectivity index (χ1v) is 9.35. The highest BCUT2D eigenvalue weighted by Crippen LogP contribution is 2.29. The van der Waals surface area contributed by atoms with E-state index in [1.165, 1.54) is 13.1 Å². The Morgan fingerprint density at radius 2 is 1.93 bits per heavy atom. The summed E-state index contributed by atoms with van der Waals surface area (Å²) in [5.41, 5.74) is 0.261. The fourth-order valence-corrected chi connectivity index (χ4v) is 2.31. The van der Waals surface area contributed by atoms with Crippen LogP contribution in [0, 0.1) is 0 Å². The number of esters is 1. The first-order valence-electron chi connectivity index (χ1n) is 8.97. The van der Waals surface area contributed by atoms with Crippen molar-refractivity contribution in [3.05, 3.63) is 47.1 Å². The Labute approximate surface area is 169 Å². The zero-order chi connectivity index (χ0) is 20.5. The SMILES string of the molecule is CCCOc1ccc(C(=O)O[C@H](C)C(=O)Nc2ccc(Cl)cn2)cc1OCC. The third-order valence-electron chi connectivity index (χ3n) is 3.57. The van der Waals surface area contributed by atoms with Gasteiger partial charge in [-0.25, -0.2) is 9.78 Å². The van der Waals surface area contributed by atoms with E-state index >= 15 is 0 Å². The molecule has 1 heterocycles. The van der Waals surface area contributed by atoms with E-state index in [0.29, 0.717) is 35.6 Å². The lowest BCUT2D eigenvalue weighted by molar-refractivity contribution is -0.123. The van der Waals surface area contributed by atoms with Crippen molar-refractivity contribution >= 4 is 29.3 Å². The third-order valence-corrected chi connectivity index (χ3v) is 3.80. The van der Waals surface area contributed by atoms with E-state index in [1.807, 2.05) is 13.8 Å². The monoisotopic (exact) mass is 406 g/mol. The molecule has 1 amide bonds.